The fourth-order valence-electron chi connectivity index (χ4n) is 1.40. The van der Waals surface area contributed by atoms with Gasteiger partial charge >= 0.3 is 0 Å². The van der Waals surface area contributed by atoms with Crippen LogP contribution < -0.4 is 0 Å². The zero-order valence-corrected chi connectivity index (χ0v) is 8.81. The number of aliphatic hydroxyl groups is 1. The highest BCUT2D eigenvalue weighted by molar-refractivity contribution is 5.54. The van der Waals surface area contributed by atoms with Crippen molar-refractivity contribution in [2.45, 2.75) is 13.5 Å². The van der Waals surface area contributed by atoms with E-state index in [0.29, 0.717) is 5.69 Å². The molecule has 2 heterocycles. The third-order valence-electron chi connectivity index (χ3n) is 2.34. The van der Waals surface area contributed by atoms with Crippen molar-refractivity contribution in [2.24, 2.45) is 7.05 Å². The second kappa shape index (κ2) is 3.82. The van der Waals surface area contributed by atoms with Gasteiger partial charge in [-0.05, 0) is 25.1 Å². The van der Waals surface area contributed by atoms with E-state index in [9.17, 15) is 0 Å². The van der Waals surface area contributed by atoms with Crippen molar-refractivity contribution in [1.82, 2.24) is 14.8 Å². The summed E-state index contributed by atoms with van der Waals surface area (Å²) >= 11 is 0. The van der Waals surface area contributed by atoms with Gasteiger partial charge in [0.1, 0.15) is 5.69 Å². The number of pyridine rings is 1. The average molecular weight is 203 g/mol. The van der Waals surface area contributed by atoms with Gasteiger partial charge in [-0.2, -0.15) is 5.10 Å². The first-order valence-electron chi connectivity index (χ1n) is 4.78. The van der Waals surface area contributed by atoms with Crippen molar-refractivity contribution in [3.63, 3.8) is 0 Å². The minimum atomic E-state index is -0.0420. The molecule has 0 aliphatic rings. The van der Waals surface area contributed by atoms with Crippen molar-refractivity contribution in [2.75, 3.05) is 0 Å². The molecule has 4 nitrogen and oxygen atoms in total. The summed E-state index contributed by atoms with van der Waals surface area (Å²) in [7, 11) is 1.90. The van der Waals surface area contributed by atoms with Gasteiger partial charge in [0.2, 0.25) is 0 Å². The molecular weight excluding hydrogens is 190 g/mol. The van der Waals surface area contributed by atoms with Crippen LogP contribution in [0.5, 0.6) is 0 Å². The monoisotopic (exact) mass is 203 g/mol. The molecule has 2 rings (SSSR count). The summed E-state index contributed by atoms with van der Waals surface area (Å²) in [4.78, 5) is 4.29. The van der Waals surface area contributed by atoms with Crippen LogP contribution in [0.4, 0.5) is 0 Å². The maximum atomic E-state index is 8.98. The zero-order chi connectivity index (χ0) is 10.8. The van der Waals surface area contributed by atoms with E-state index in [0.717, 1.165) is 17.1 Å². The van der Waals surface area contributed by atoms with Gasteiger partial charge in [0, 0.05) is 12.7 Å². The number of nitrogens with zero attached hydrogens (tertiary/aromatic N) is 3. The Morgan fingerprint density at radius 3 is 2.73 bits per heavy atom. The van der Waals surface area contributed by atoms with E-state index in [-0.39, 0.29) is 6.61 Å². The summed E-state index contributed by atoms with van der Waals surface area (Å²) in [6, 6.07) is 7.53. The molecule has 0 bridgehead atoms. The predicted molar refractivity (Wildman–Crippen MR) is 57.1 cm³/mol. The largest absolute Gasteiger partial charge is 0.390 e. The first kappa shape index (κ1) is 9.86. The second-order valence-corrected chi connectivity index (χ2v) is 3.47. The van der Waals surface area contributed by atoms with Gasteiger partial charge in [0.25, 0.3) is 0 Å². The lowest BCUT2D eigenvalue weighted by Crippen LogP contribution is -1.94. The third kappa shape index (κ3) is 1.89. The van der Waals surface area contributed by atoms with E-state index in [1.165, 1.54) is 0 Å². The highest BCUT2D eigenvalue weighted by atomic mass is 16.3. The molecule has 0 saturated carbocycles. The SMILES string of the molecule is Cc1cc(-c2cccc(CO)n2)nn1C. The second-order valence-electron chi connectivity index (χ2n) is 3.47. The molecule has 0 amide bonds. The summed E-state index contributed by atoms with van der Waals surface area (Å²) in [5.41, 5.74) is 3.38. The topological polar surface area (TPSA) is 50.9 Å². The molecule has 0 spiro atoms. The number of rotatable bonds is 2. The molecule has 2 aromatic rings. The van der Waals surface area contributed by atoms with E-state index >= 15 is 0 Å². The van der Waals surface area contributed by atoms with Crippen LogP contribution in [0.15, 0.2) is 24.3 Å². The highest BCUT2D eigenvalue weighted by Crippen LogP contribution is 2.16. The van der Waals surface area contributed by atoms with Crippen molar-refractivity contribution in [3.8, 4) is 11.4 Å². The fourth-order valence-corrected chi connectivity index (χ4v) is 1.40. The Morgan fingerprint density at radius 2 is 2.13 bits per heavy atom. The third-order valence-corrected chi connectivity index (χ3v) is 2.34. The molecule has 78 valence electrons. The van der Waals surface area contributed by atoms with Crippen LogP contribution >= 0.6 is 0 Å². The molecule has 0 aromatic carbocycles. The first-order valence-corrected chi connectivity index (χ1v) is 4.78. The minimum absolute atomic E-state index is 0.0420. The minimum Gasteiger partial charge on any atom is -0.390 e. The quantitative estimate of drug-likeness (QED) is 0.800. The van der Waals surface area contributed by atoms with Gasteiger partial charge < -0.3 is 5.11 Å². The van der Waals surface area contributed by atoms with Crippen molar-refractivity contribution in [1.29, 1.82) is 0 Å². The Hall–Kier alpha value is -1.68. The van der Waals surface area contributed by atoms with Gasteiger partial charge in [-0.3, -0.25) is 4.68 Å². The normalized spacial score (nSPS) is 10.6. The van der Waals surface area contributed by atoms with Crippen LogP contribution in [0.1, 0.15) is 11.4 Å². The van der Waals surface area contributed by atoms with Gasteiger partial charge in [-0.25, -0.2) is 4.98 Å². The van der Waals surface area contributed by atoms with Crippen LogP contribution in [0.25, 0.3) is 11.4 Å². The molecule has 0 fully saturated rings. The van der Waals surface area contributed by atoms with Gasteiger partial charge in [-0.1, -0.05) is 6.07 Å². The lowest BCUT2D eigenvalue weighted by molar-refractivity contribution is 0.277. The summed E-state index contributed by atoms with van der Waals surface area (Å²) in [6.07, 6.45) is 0. The standard InChI is InChI=1S/C11H13N3O/c1-8-6-11(13-14(8)2)10-5-3-4-9(7-15)12-10/h3-6,15H,7H2,1-2H3. The van der Waals surface area contributed by atoms with Crippen LogP contribution in [-0.4, -0.2) is 19.9 Å². The Kier molecular flexibility index (Phi) is 2.51. The maximum Gasteiger partial charge on any atom is 0.111 e. The van der Waals surface area contributed by atoms with E-state index in [4.69, 9.17) is 5.11 Å². The molecule has 0 atom stereocenters. The van der Waals surface area contributed by atoms with E-state index in [2.05, 4.69) is 10.1 Å². The van der Waals surface area contributed by atoms with Crippen molar-refractivity contribution < 1.29 is 5.11 Å². The van der Waals surface area contributed by atoms with Crippen molar-refractivity contribution >= 4 is 0 Å². The molecule has 4 heteroatoms. The Balaban J connectivity index is 2.44. The molecule has 0 aliphatic heterocycles. The number of hydrogen-bond donors (Lipinski definition) is 1. The Labute approximate surface area is 88.2 Å². The van der Waals surface area contributed by atoms with Gasteiger partial charge in [0.15, 0.2) is 0 Å². The highest BCUT2D eigenvalue weighted by Gasteiger charge is 2.05. The molecular formula is C11H13N3O. The Morgan fingerprint density at radius 1 is 1.33 bits per heavy atom. The fraction of sp³-hybridized carbons (Fsp3) is 0.273. The van der Waals surface area contributed by atoms with E-state index in [1.807, 2.05) is 36.9 Å². The first-order chi connectivity index (χ1) is 7.20. The number of aryl methyl sites for hydroxylation is 2. The van der Waals surface area contributed by atoms with Gasteiger partial charge in [0.05, 0.1) is 18.0 Å². The molecule has 1 N–H and O–H groups in total. The predicted octanol–water partition coefficient (Wildman–Crippen LogP) is 1.28. The van der Waals surface area contributed by atoms with Crippen LogP contribution in [0.2, 0.25) is 0 Å². The average Bonchev–Trinajstić information content (AvgIpc) is 2.59. The molecule has 0 saturated heterocycles. The molecule has 2 aromatic heterocycles. The Bertz CT molecular complexity index is 457. The molecule has 0 unspecified atom stereocenters. The van der Waals surface area contributed by atoms with E-state index in [1.54, 1.807) is 6.07 Å². The lowest BCUT2D eigenvalue weighted by Gasteiger charge is -1.98. The molecule has 0 radical (unpaired) electrons. The van der Waals surface area contributed by atoms with Crippen LogP contribution in [0.3, 0.4) is 0 Å². The number of aromatic nitrogens is 3. The summed E-state index contributed by atoms with van der Waals surface area (Å²) < 4.78 is 1.81. The smallest absolute Gasteiger partial charge is 0.111 e. The molecule has 15 heavy (non-hydrogen) atoms. The lowest BCUT2D eigenvalue weighted by atomic mass is 10.2. The molecule has 0 aliphatic carbocycles. The maximum absolute atomic E-state index is 8.98. The summed E-state index contributed by atoms with van der Waals surface area (Å²) in [5, 5.41) is 13.3. The number of aliphatic hydroxyl groups excluding tert-OH is 1. The summed E-state index contributed by atoms with van der Waals surface area (Å²) in [6.45, 7) is 1.95. The van der Waals surface area contributed by atoms with Crippen LogP contribution in [-0.2, 0) is 13.7 Å². The van der Waals surface area contributed by atoms with Crippen molar-refractivity contribution in [3.05, 3.63) is 35.7 Å². The van der Waals surface area contributed by atoms with Crippen LogP contribution in [0, 0.1) is 6.92 Å². The van der Waals surface area contributed by atoms with E-state index < -0.39 is 0 Å². The zero-order valence-electron chi connectivity index (χ0n) is 8.81. The number of hydrogen-bond acceptors (Lipinski definition) is 3. The van der Waals surface area contributed by atoms with Gasteiger partial charge in [-0.15, -0.1) is 0 Å². The summed E-state index contributed by atoms with van der Waals surface area (Å²) in [5.74, 6) is 0.